The number of nitrogens with one attached hydrogen (secondary N) is 1. The number of anilines is 1. The van der Waals surface area contributed by atoms with Gasteiger partial charge in [0.05, 0.1) is 12.6 Å². The lowest BCUT2D eigenvalue weighted by atomic mass is 9.99. The molecule has 2 heterocycles. The summed E-state index contributed by atoms with van der Waals surface area (Å²) in [5.74, 6) is 1.58. The van der Waals surface area contributed by atoms with Gasteiger partial charge in [-0.2, -0.15) is 0 Å². The number of aromatic nitrogens is 1. The molecule has 1 atom stereocenters. The van der Waals surface area contributed by atoms with E-state index in [2.05, 4.69) is 40.0 Å². The van der Waals surface area contributed by atoms with Gasteiger partial charge in [-0.1, -0.05) is 19.9 Å². The quantitative estimate of drug-likeness (QED) is 0.781. The third-order valence-electron chi connectivity index (χ3n) is 4.35. The van der Waals surface area contributed by atoms with Crippen LogP contribution in [0.4, 0.5) is 5.82 Å². The van der Waals surface area contributed by atoms with E-state index in [1.165, 1.54) is 0 Å². The van der Waals surface area contributed by atoms with Crippen molar-refractivity contribution in [3.8, 4) is 0 Å². The van der Waals surface area contributed by atoms with E-state index in [9.17, 15) is 4.79 Å². The molecule has 134 valence electrons. The molecule has 6 heteroatoms. The molecule has 2 rings (SSSR count). The number of nitrogens with zero attached hydrogens (tertiary/aromatic N) is 3. The summed E-state index contributed by atoms with van der Waals surface area (Å²) < 4.78 is 5.10. The number of likely N-dealkylation sites (N-methyl/N-ethyl adjacent to an activating group) is 1. The number of hydrogen-bond acceptors (Lipinski definition) is 5. The lowest BCUT2D eigenvalue weighted by Crippen LogP contribution is -2.55. The molecule has 0 radical (unpaired) electrons. The molecular weight excluding hydrogens is 304 g/mol. The standard InChI is InChI=1S/C18H30N4O2/c1-14(2)11-16-18(23)19-7-8-22(16)13-15-5-6-17(20-12-15)21(3)9-10-24-4/h5-6,12,14,16H,7-11,13H2,1-4H3,(H,19,23)/t16-/m1/s1. The van der Waals surface area contributed by atoms with Crippen LogP contribution in [0.3, 0.4) is 0 Å². The molecule has 0 spiro atoms. The highest BCUT2D eigenvalue weighted by Gasteiger charge is 2.30. The van der Waals surface area contributed by atoms with Crippen molar-refractivity contribution in [1.82, 2.24) is 15.2 Å². The predicted octanol–water partition coefficient (Wildman–Crippen LogP) is 1.51. The first-order valence-corrected chi connectivity index (χ1v) is 8.68. The third kappa shape index (κ3) is 5.18. The third-order valence-corrected chi connectivity index (χ3v) is 4.35. The Morgan fingerprint density at radius 3 is 2.88 bits per heavy atom. The second kappa shape index (κ2) is 8.99. The van der Waals surface area contributed by atoms with Gasteiger partial charge in [-0.05, 0) is 24.0 Å². The van der Waals surface area contributed by atoms with Crippen molar-refractivity contribution >= 4 is 11.7 Å². The average Bonchev–Trinajstić information content (AvgIpc) is 2.56. The van der Waals surface area contributed by atoms with Crippen LogP contribution in [0.2, 0.25) is 0 Å². The van der Waals surface area contributed by atoms with Crippen LogP contribution in [0, 0.1) is 5.92 Å². The van der Waals surface area contributed by atoms with Gasteiger partial charge in [0.15, 0.2) is 0 Å². The zero-order valence-corrected chi connectivity index (χ0v) is 15.3. The fourth-order valence-electron chi connectivity index (χ4n) is 2.97. The van der Waals surface area contributed by atoms with Gasteiger partial charge in [0.2, 0.25) is 5.91 Å². The summed E-state index contributed by atoms with van der Waals surface area (Å²) in [6, 6.07) is 4.10. The van der Waals surface area contributed by atoms with Crippen LogP contribution in [0.5, 0.6) is 0 Å². The largest absolute Gasteiger partial charge is 0.383 e. The van der Waals surface area contributed by atoms with Crippen LogP contribution in [0.25, 0.3) is 0 Å². The number of carbonyl (C=O) groups excluding carboxylic acids is 1. The zero-order valence-electron chi connectivity index (χ0n) is 15.3. The minimum Gasteiger partial charge on any atom is -0.383 e. The number of amides is 1. The van der Waals surface area contributed by atoms with Crippen LogP contribution in [0.15, 0.2) is 18.3 Å². The van der Waals surface area contributed by atoms with Crippen molar-refractivity contribution in [2.24, 2.45) is 5.92 Å². The van der Waals surface area contributed by atoms with Gasteiger partial charge in [-0.15, -0.1) is 0 Å². The molecule has 0 bridgehead atoms. The Morgan fingerprint density at radius 1 is 1.46 bits per heavy atom. The van der Waals surface area contributed by atoms with E-state index in [0.29, 0.717) is 12.5 Å². The van der Waals surface area contributed by atoms with E-state index >= 15 is 0 Å². The van der Waals surface area contributed by atoms with Gasteiger partial charge in [0.25, 0.3) is 0 Å². The summed E-state index contributed by atoms with van der Waals surface area (Å²) in [6.45, 7) is 8.18. The van der Waals surface area contributed by atoms with E-state index in [1.807, 2.05) is 19.3 Å². The monoisotopic (exact) mass is 334 g/mol. The Kier molecular flexibility index (Phi) is 6.99. The second-order valence-corrected chi connectivity index (χ2v) is 6.85. The fraction of sp³-hybridized carbons (Fsp3) is 0.667. The van der Waals surface area contributed by atoms with Gasteiger partial charge < -0.3 is 15.0 Å². The van der Waals surface area contributed by atoms with E-state index in [-0.39, 0.29) is 11.9 Å². The number of methoxy groups -OCH3 is 1. The first-order valence-electron chi connectivity index (χ1n) is 8.68. The molecular formula is C18H30N4O2. The maximum atomic E-state index is 12.2. The van der Waals surface area contributed by atoms with Gasteiger partial charge in [-0.3, -0.25) is 9.69 Å². The maximum Gasteiger partial charge on any atom is 0.237 e. The maximum absolute atomic E-state index is 12.2. The Balaban J connectivity index is 1.99. The SMILES string of the molecule is COCCN(C)c1ccc(CN2CCNC(=O)[C@H]2CC(C)C)cn1. The molecule has 1 aliphatic heterocycles. The normalized spacial score (nSPS) is 18.7. The minimum atomic E-state index is -0.0391. The Bertz CT molecular complexity index is 518. The predicted molar refractivity (Wildman–Crippen MR) is 96.0 cm³/mol. The Hall–Kier alpha value is -1.66. The van der Waals surface area contributed by atoms with E-state index in [1.54, 1.807) is 7.11 Å². The summed E-state index contributed by atoms with van der Waals surface area (Å²) in [6.07, 6.45) is 2.80. The summed E-state index contributed by atoms with van der Waals surface area (Å²) >= 11 is 0. The number of rotatable bonds is 8. The van der Waals surface area contributed by atoms with Gasteiger partial charge >= 0.3 is 0 Å². The first kappa shape index (κ1) is 18.7. The molecule has 0 unspecified atom stereocenters. The summed E-state index contributed by atoms with van der Waals surface area (Å²) in [7, 11) is 3.71. The van der Waals surface area contributed by atoms with Crippen LogP contribution < -0.4 is 10.2 Å². The molecule has 1 aliphatic rings. The number of piperazine rings is 1. The molecule has 1 fully saturated rings. The first-order chi connectivity index (χ1) is 11.5. The van der Waals surface area contributed by atoms with Gasteiger partial charge in [0, 0.05) is 46.5 Å². The highest BCUT2D eigenvalue weighted by atomic mass is 16.5. The number of hydrogen-bond donors (Lipinski definition) is 1. The van der Waals surface area contributed by atoms with Crippen LogP contribution >= 0.6 is 0 Å². The van der Waals surface area contributed by atoms with Crippen molar-refractivity contribution in [2.45, 2.75) is 32.9 Å². The van der Waals surface area contributed by atoms with E-state index < -0.39 is 0 Å². The summed E-state index contributed by atoms with van der Waals surface area (Å²) in [4.78, 5) is 21.1. The van der Waals surface area contributed by atoms with Gasteiger partial charge in [-0.25, -0.2) is 4.98 Å². The van der Waals surface area contributed by atoms with Crippen molar-refractivity contribution in [2.75, 3.05) is 45.3 Å². The van der Waals surface area contributed by atoms with E-state index in [0.717, 1.165) is 44.0 Å². The van der Waals surface area contributed by atoms with Crippen LogP contribution in [0.1, 0.15) is 25.8 Å². The van der Waals surface area contributed by atoms with Crippen molar-refractivity contribution < 1.29 is 9.53 Å². The lowest BCUT2D eigenvalue weighted by Gasteiger charge is -2.36. The van der Waals surface area contributed by atoms with Crippen LogP contribution in [-0.4, -0.2) is 62.2 Å². The topological polar surface area (TPSA) is 57.7 Å². The Morgan fingerprint density at radius 2 is 2.25 bits per heavy atom. The second-order valence-electron chi connectivity index (χ2n) is 6.85. The van der Waals surface area contributed by atoms with Crippen molar-refractivity contribution in [3.63, 3.8) is 0 Å². The summed E-state index contributed by atoms with van der Waals surface area (Å²) in [5, 5.41) is 2.98. The molecule has 0 saturated carbocycles. The van der Waals surface area contributed by atoms with E-state index in [4.69, 9.17) is 4.74 Å². The van der Waals surface area contributed by atoms with Crippen molar-refractivity contribution in [3.05, 3.63) is 23.9 Å². The molecule has 1 amide bonds. The van der Waals surface area contributed by atoms with Crippen molar-refractivity contribution in [1.29, 1.82) is 0 Å². The van der Waals surface area contributed by atoms with Crippen LogP contribution in [-0.2, 0) is 16.1 Å². The molecule has 1 aromatic heterocycles. The number of pyridine rings is 1. The Labute approximate surface area is 145 Å². The number of ether oxygens (including phenoxy) is 1. The molecule has 0 aliphatic carbocycles. The molecule has 1 N–H and O–H groups in total. The molecule has 0 aromatic carbocycles. The molecule has 1 aromatic rings. The zero-order chi connectivity index (χ0) is 17.5. The lowest BCUT2D eigenvalue weighted by molar-refractivity contribution is -0.130. The van der Waals surface area contributed by atoms with Gasteiger partial charge in [0.1, 0.15) is 5.82 Å². The summed E-state index contributed by atoms with van der Waals surface area (Å²) in [5.41, 5.74) is 1.14. The number of carbonyl (C=O) groups is 1. The smallest absolute Gasteiger partial charge is 0.237 e. The molecule has 6 nitrogen and oxygen atoms in total. The molecule has 24 heavy (non-hydrogen) atoms. The molecule has 1 saturated heterocycles. The highest BCUT2D eigenvalue weighted by molar-refractivity contribution is 5.82. The fourth-order valence-corrected chi connectivity index (χ4v) is 2.97. The average molecular weight is 334 g/mol. The minimum absolute atomic E-state index is 0.0391. The highest BCUT2D eigenvalue weighted by Crippen LogP contribution is 2.18.